The van der Waals surface area contributed by atoms with Gasteiger partial charge in [0.05, 0.1) is 18.8 Å². The van der Waals surface area contributed by atoms with Crippen LogP contribution in [0.1, 0.15) is 58.4 Å². The number of anilines is 2. The summed E-state index contributed by atoms with van der Waals surface area (Å²) in [4.78, 5) is 1.71. The van der Waals surface area contributed by atoms with Gasteiger partial charge >= 0.3 is 6.18 Å². The smallest absolute Gasteiger partial charge is 0.388 e. The molecule has 3 rings (SSSR count). The van der Waals surface area contributed by atoms with Gasteiger partial charge in [-0.15, -0.1) is 0 Å². The lowest BCUT2D eigenvalue weighted by atomic mass is 9.96. The minimum absolute atomic E-state index is 0.227. The van der Waals surface area contributed by atoms with E-state index in [1.165, 1.54) is 38.2 Å². The monoisotopic (exact) mass is 447 g/mol. The number of halogens is 3. The molecule has 1 aliphatic carbocycles. The molecule has 30 heavy (non-hydrogen) atoms. The van der Waals surface area contributed by atoms with E-state index < -0.39 is 11.7 Å². The molecule has 2 fully saturated rings. The summed E-state index contributed by atoms with van der Waals surface area (Å²) in [6.07, 6.45) is 2.69. The van der Waals surface area contributed by atoms with Crippen molar-refractivity contribution in [3.8, 4) is 0 Å². The van der Waals surface area contributed by atoms with Crippen LogP contribution in [0, 0.1) is 0 Å². The highest BCUT2D eigenvalue weighted by Gasteiger charge is 2.35. The average molecular weight is 448 g/mol. The number of hydrogen-bond donors (Lipinski definition) is 2. The van der Waals surface area contributed by atoms with Gasteiger partial charge < -0.3 is 15.0 Å². The van der Waals surface area contributed by atoms with Crippen LogP contribution in [0.25, 0.3) is 0 Å². The van der Waals surface area contributed by atoms with Gasteiger partial charge in [0.1, 0.15) is 0 Å². The van der Waals surface area contributed by atoms with E-state index in [1.54, 1.807) is 18.0 Å². The Bertz CT molecular complexity index is 637. The van der Waals surface area contributed by atoms with Crippen LogP contribution in [0.3, 0.4) is 0 Å². The first-order valence-corrected chi connectivity index (χ1v) is 11.6. The second-order valence-corrected chi connectivity index (χ2v) is 10.4. The van der Waals surface area contributed by atoms with Gasteiger partial charge in [-0.2, -0.15) is 13.2 Å². The van der Waals surface area contributed by atoms with E-state index in [1.807, 2.05) is 11.9 Å². The van der Waals surface area contributed by atoms with Crippen molar-refractivity contribution >= 4 is 23.3 Å². The van der Waals surface area contributed by atoms with Gasteiger partial charge in [-0.05, 0) is 51.8 Å². The maximum Gasteiger partial charge on any atom is 0.418 e. The van der Waals surface area contributed by atoms with Gasteiger partial charge in [-0.25, -0.2) is 0 Å². The predicted molar refractivity (Wildman–Crippen MR) is 121 cm³/mol. The molecule has 1 aliphatic heterocycles. The van der Waals surface area contributed by atoms with Crippen LogP contribution >= 0.6 is 11.9 Å². The largest absolute Gasteiger partial charge is 0.418 e. The number of rotatable bonds is 4. The Morgan fingerprint density at radius 2 is 1.67 bits per heavy atom. The summed E-state index contributed by atoms with van der Waals surface area (Å²) >= 11 is 1.89. The summed E-state index contributed by atoms with van der Waals surface area (Å²) in [5.41, 5.74) is 0.0837. The van der Waals surface area contributed by atoms with Crippen LogP contribution < -0.4 is 14.9 Å². The lowest BCUT2D eigenvalue weighted by Crippen LogP contribution is -2.37. The van der Waals surface area contributed by atoms with E-state index in [0.29, 0.717) is 36.7 Å². The number of nitrogens with one attached hydrogen (secondary N) is 2. The third kappa shape index (κ3) is 8.55. The van der Waals surface area contributed by atoms with E-state index in [-0.39, 0.29) is 5.69 Å². The number of ether oxygens (including phenoxy) is 1. The highest BCUT2D eigenvalue weighted by Crippen LogP contribution is 2.38. The quantitative estimate of drug-likeness (QED) is 0.559. The number of morpholine rings is 1. The molecule has 1 aromatic carbocycles. The number of alkyl halides is 3. The number of nitrogens with zero attached hydrogens (tertiary/aromatic N) is 1. The molecular formula is C22H36F3N3OS. The molecule has 0 amide bonds. The fourth-order valence-corrected chi connectivity index (χ4v) is 4.24. The zero-order chi connectivity index (χ0) is 22.2. The topological polar surface area (TPSA) is 36.5 Å². The molecule has 1 saturated heterocycles. The Balaban J connectivity index is 0.000000232. The van der Waals surface area contributed by atoms with Gasteiger partial charge in [0.2, 0.25) is 0 Å². The molecule has 0 bridgehead atoms. The minimum atomic E-state index is -4.35. The highest BCUT2D eigenvalue weighted by atomic mass is 32.2. The maximum absolute atomic E-state index is 13.0. The van der Waals surface area contributed by atoms with Crippen LogP contribution in [-0.4, -0.2) is 44.1 Å². The first-order valence-electron chi connectivity index (χ1n) is 10.8. The molecule has 8 heteroatoms. The predicted octanol–water partition coefficient (Wildman–Crippen LogP) is 5.94. The Morgan fingerprint density at radius 1 is 1.03 bits per heavy atom. The van der Waals surface area contributed by atoms with Gasteiger partial charge in [-0.1, -0.05) is 31.2 Å². The summed E-state index contributed by atoms with van der Waals surface area (Å²) in [6.45, 7) is 8.68. The van der Waals surface area contributed by atoms with Crippen molar-refractivity contribution in [1.29, 1.82) is 0 Å². The summed E-state index contributed by atoms with van der Waals surface area (Å²) in [7, 11) is 1.60. The standard InChI is InChI=1S/C12H15F3N2O.C10H21NS/c1-16-9-2-3-11(10(8-9)12(13,14)15)17-4-6-18-7-5-17;1-10(2,3)12-11-9-7-5-4-6-8-9/h2-3,8,16H,4-7H2,1H3;9,11H,4-8H2,1-3H3. The van der Waals surface area contributed by atoms with Gasteiger partial charge in [-0.3, -0.25) is 4.72 Å². The normalized spacial score (nSPS) is 18.6. The molecular weight excluding hydrogens is 411 g/mol. The number of benzene rings is 1. The maximum atomic E-state index is 13.0. The second-order valence-electron chi connectivity index (χ2n) is 8.75. The molecule has 1 heterocycles. The zero-order valence-electron chi connectivity index (χ0n) is 18.6. The Labute approximate surface area is 183 Å². The molecule has 4 nitrogen and oxygen atoms in total. The second kappa shape index (κ2) is 11.5. The van der Waals surface area contributed by atoms with Crippen molar-refractivity contribution in [2.75, 3.05) is 43.6 Å². The van der Waals surface area contributed by atoms with E-state index >= 15 is 0 Å². The molecule has 172 valence electrons. The van der Waals surface area contributed by atoms with Crippen molar-refractivity contribution < 1.29 is 17.9 Å². The molecule has 1 saturated carbocycles. The average Bonchev–Trinajstić information content (AvgIpc) is 2.72. The molecule has 2 N–H and O–H groups in total. The summed E-state index contributed by atoms with van der Waals surface area (Å²) in [6, 6.07) is 5.09. The van der Waals surface area contributed by atoms with Crippen molar-refractivity contribution in [2.45, 2.75) is 69.8 Å². The minimum Gasteiger partial charge on any atom is -0.388 e. The lowest BCUT2D eigenvalue weighted by Gasteiger charge is -2.31. The fourth-order valence-electron chi connectivity index (χ4n) is 3.48. The summed E-state index contributed by atoms with van der Waals surface area (Å²) in [5, 5.41) is 2.73. The molecule has 2 aliphatic rings. The van der Waals surface area contributed by atoms with Gasteiger partial charge in [0, 0.05) is 42.3 Å². The van der Waals surface area contributed by atoms with Gasteiger partial charge in [0.25, 0.3) is 0 Å². The van der Waals surface area contributed by atoms with Crippen molar-refractivity contribution in [3.05, 3.63) is 23.8 Å². The van der Waals surface area contributed by atoms with E-state index in [2.05, 4.69) is 30.8 Å². The van der Waals surface area contributed by atoms with Crippen LogP contribution in [0.5, 0.6) is 0 Å². The van der Waals surface area contributed by atoms with E-state index in [4.69, 9.17) is 4.74 Å². The van der Waals surface area contributed by atoms with Gasteiger partial charge in [0.15, 0.2) is 0 Å². The van der Waals surface area contributed by atoms with E-state index in [0.717, 1.165) is 12.1 Å². The van der Waals surface area contributed by atoms with E-state index in [9.17, 15) is 13.2 Å². The Morgan fingerprint density at radius 3 is 2.20 bits per heavy atom. The van der Waals surface area contributed by atoms with Crippen LogP contribution in [0.15, 0.2) is 18.2 Å². The highest BCUT2D eigenvalue weighted by molar-refractivity contribution is 7.98. The zero-order valence-corrected chi connectivity index (χ0v) is 19.4. The molecule has 0 aromatic heterocycles. The Hall–Kier alpha value is -1.12. The molecule has 0 atom stereocenters. The van der Waals surface area contributed by atoms with Crippen LogP contribution in [0.2, 0.25) is 0 Å². The first kappa shape index (κ1) is 25.1. The van der Waals surface area contributed by atoms with Crippen LogP contribution in [0.4, 0.5) is 24.5 Å². The lowest BCUT2D eigenvalue weighted by molar-refractivity contribution is -0.137. The van der Waals surface area contributed by atoms with Crippen molar-refractivity contribution in [2.24, 2.45) is 0 Å². The third-order valence-electron chi connectivity index (χ3n) is 5.08. The first-order chi connectivity index (χ1) is 14.1. The molecule has 0 spiro atoms. The number of hydrogen-bond acceptors (Lipinski definition) is 5. The van der Waals surface area contributed by atoms with Crippen molar-refractivity contribution in [1.82, 2.24) is 4.72 Å². The van der Waals surface area contributed by atoms with Crippen LogP contribution in [-0.2, 0) is 10.9 Å². The SMILES string of the molecule is CC(C)(C)SNC1CCCCC1.CNc1ccc(N2CCOCC2)c(C(F)(F)F)c1. The molecule has 1 aromatic rings. The molecule has 0 radical (unpaired) electrons. The Kier molecular flexibility index (Phi) is 9.63. The summed E-state index contributed by atoms with van der Waals surface area (Å²) < 4.78 is 48.2. The summed E-state index contributed by atoms with van der Waals surface area (Å²) in [5.74, 6) is 0. The third-order valence-corrected chi connectivity index (χ3v) is 6.14. The fraction of sp³-hybridized carbons (Fsp3) is 0.727. The molecule has 0 unspecified atom stereocenters. The van der Waals surface area contributed by atoms with Crippen molar-refractivity contribution in [3.63, 3.8) is 0 Å².